The summed E-state index contributed by atoms with van der Waals surface area (Å²) in [7, 11) is 3.27. The van der Waals surface area contributed by atoms with Crippen LogP contribution in [0.15, 0.2) is 83.8 Å². The fourth-order valence-electron chi connectivity index (χ4n) is 4.84. The number of hydrogen-bond acceptors (Lipinski definition) is 6. The Hall–Kier alpha value is -4.85. The number of carbonyl (C=O) groups is 1. The number of pyridine rings is 1. The molecule has 232 valence electrons. The summed E-state index contributed by atoms with van der Waals surface area (Å²) in [4.78, 5) is 33.0. The van der Waals surface area contributed by atoms with Gasteiger partial charge in [-0.05, 0) is 41.3 Å². The monoisotopic (exact) mass is 720 g/mol. The first kappa shape index (κ1) is 30.2. The van der Waals surface area contributed by atoms with Crippen molar-refractivity contribution in [3.8, 4) is 22.9 Å². The molecule has 0 spiro atoms. The van der Waals surface area contributed by atoms with Crippen LogP contribution in [0.1, 0.15) is 27.8 Å². The number of amides is 2. The van der Waals surface area contributed by atoms with Crippen LogP contribution in [0.5, 0.6) is 17.2 Å². The zero-order chi connectivity index (χ0) is 33.0. The molecule has 0 aliphatic carbocycles. The van der Waals surface area contributed by atoms with Crippen LogP contribution in [0, 0.1) is 0 Å². The van der Waals surface area contributed by atoms with Gasteiger partial charge in [0.15, 0.2) is 11.4 Å². The molecule has 0 saturated carbocycles. The third-order valence-electron chi connectivity index (χ3n) is 7.14. The highest BCUT2D eigenvalue weighted by molar-refractivity contribution is 14.1. The summed E-state index contributed by atoms with van der Waals surface area (Å²) in [6.07, 6.45) is 1.58. The Morgan fingerprint density at radius 3 is 2.40 bits per heavy atom. The molecule has 0 aliphatic heterocycles. The molecule has 0 aliphatic rings. The summed E-state index contributed by atoms with van der Waals surface area (Å²) in [5, 5.41) is 12.3. The Bertz CT molecular complexity index is 2060. The number of methoxy groups -OCH3 is 1. The van der Waals surface area contributed by atoms with Gasteiger partial charge in [-0.15, -0.1) is 0 Å². The van der Waals surface area contributed by atoms with Crippen molar-refractivity contribution >= 4 is 62.1 Å². The van der Waals surface area contributed by atoms with Gasteiger partial charge in [0.05, 0.1) is 24.2 Å². The van der Waals surface area contributed by atoms with E-state index in [1.807, 2.05) is 77.2 Å². The fraction of sp³-hybridized carbons (Fsp3) is 0.212. The van der Waals surface area contributed by atoms with Crippen LogP contribution in [0.4, 0.5) is 16.3 Å². The van der Waals surface area contributed by atoms with E-state index in [4.69, 9.17) is 15.9 Å². The van der Waals surface area contributed by atoms with E-state index in [2.05, 4.69) is 41.4 Å². The lowest BCUT2D eigenvalue weighted by Gasteiger charge is -2.15. The number of ether oxygens (including phenoxy) is 2. The predicted octanol–water partition coefficient (Wildman–Crippen LogP) is 7.39. The molecule has 45 heavy (non-hydrogen) atoms. The molecule has 0 bridgehead atoms. The Balaban J connectivity index is 0.00000134. The number of rotatable bonds is 6. The summed E-state index contributed by atoms with van der Waals surface area (Å²) in [5.41, 5.74) is 2.69. The van der Waals surface area contributed by atoms with Crippen molar-refractivity contribution in [2.75, 3.05) is 22.6 Å². The molecule has 3 aromatic heterocycles. The molecule has 3 heterocycles. The molecule has 0 saturated heterocycles. The highest BCUT2D eigenvalue weighted by Gasteiger charge is 2.22. The molecule has 6 rings (SSSR count). The Kier molecular flexibility index (Phi) is 8.74. The smallest absolute Gasteiger partial charge is 0.327 e. The van der Waals surface area contributed by atoms with E-state index in [1.165, 1.54) is 4.57 Å². The Labute approximate surface area is 275 Å². The maximum Gasteiger partial charge on any atom is 0.327 e. The van der Waals surface area contributed by atoms with E-state index in [1.54, 1.807) is 43.2 Å². The standard InChI is InChI=1S/C32H31N7O4.CH3I/c1-32(2,3)26-18-27(39(37-26)19-10-12-20(42-5)13-11-19)35-30(40)34-23-14-15-24(22-9-7-6-8-21(22)23)43-25-16-17-33-29-28(25)38(4)31(41)36-29;1-2/h6-18H,1-5H3,(H,33,36,41)(H2,34,35,40);1H3/i;1D. The number of aromatic amines is 1. The molecule has 0 fully saturated rings. The normalized spacial score (nSPS) is 11.5. The van der Waals surface area contributed by atoms with Crippen LogP contribution >= 0.6 is 22.6 Å². The van der Waals surface area contributed by atoms with Gasteiger partial charge in [-0.2, -0.15) is 5.10 Å². The first-order valence-electron chi connectivity index (χ1n) is 14.7. The summed E-state index contributed by atoms with van der Waals surface area (Å²) in [5.74, 6) is 2.30. The highest BCUT2D eigenvalue weighted by atomic mass is 127. The van der Waals surface area contributed by atoms with Crippen molar-refractivity contribution in [2.45, 2.75) is 26.2 Å². The number of aromatic nitrogens is 5. The number of benzene rings is 3. The molecule has 2 amide bonds. The molecule has 0 radical (unpaired) electrons. The van der Waals surface area contributed by atoms with Crippen molar-refractivity contribution in [3.05, 3.63) is 95.2 Å². The summed E-state index contributed by atoms with van der Waals surface area (Å²) >= 11 is 1.96. The molecule has 0 unspecified atom stereocenters. The number of fused-ring (bicyclic) bond motifs is 2. The van der Waals surface area contributed by atoms with Crippen LogP contribution in [0.25, 0.3) is 27.6 Å². The van der Waals surface area contributed by atoms with Crippen LogP contribution in [-0.2, 0) is 12.5 Å². The zero-order valence-corrected chi connectivity index (χ0v) is 27.7. The third kappa shape index (κ3) is 6.50. The average molecular weight is 721 g/mol. The van der Waals surface area contributed by atoms with Gasteiger partial charge in [0.25, 0.3) is 0 Å². The number of nitrogens with zero attached hydrogens (tertiary/aromatic N) is 4. The number of halogens is 1. The number of imidazole rings is 1. The average Bonchev–Trinajstić information content (AvgIpc) is 3.59. The first-order valence-corrected chi connectivity index (χ1v) is 15.5. The third-order valence-corrected chi connectivity index (χ3v) is 7.14. The van der Waals surface area contributed by atoms with Crippen molar-refractivity contribution in [1.82, 2.24) is 24.3 Å². The van der Waals surface area contributed by atoms with Crippen LogP contribution < -0.4 is 25.8 Å². The summed E-state index contributed by atoms with van der Waals surface area (Å²) in [6, 6.07) is 21.8. The van der Waals surface area contributed by atoms with Gasteiger partial charge in [-0.3, -0.25) is 14.9 Å². The van der Waals surface area contributed by atoms with Crippen LogP contribution in [-0.4, -0.2) is 42.4 Å². The molecular formula is C33H34IN7O4. The van der Waals surface area contributed by atoms with Gasteiger partial charge in [-0.1, -0.05) is 67.6 Å². The summed E-state index contributed by atoms with van der Waals surface area (Å²) < 4.78 is 21.0. The fourth-order valence-corrected chi connectivity index (χ4v) is 4.84. The molecular weight excluding hydrogens is 685 g/mol. The van der Waals surface area contributed by atoms with E-state index in [9.17, 15) is 9.59 Å². The van der Waals surface area contributed by atoms with E-state index in [-0.39, 0.29) is 11.1 Å². The molecule has 12 heteroatoms. The molecule has 3 aromatic carbocycles. The second-order valence-corrected chi connectivity index (χ2v) is 11.1. The number of hydrogen-bond donors (Lipinski definition) is 3. The van der Waals surface area contributed by atoms with Gasteiger partial charge >= 0.3 is 11.7 Å². The predicted molar refractivity (Wildman–Crippen MR) is 187 cm³/mol. The van der Waals surface area contributed by atoms with Gasteiger partial charge in [-0.25, -0.2) is 19.3 Å². The van der Waals surface area contributed by atoms with E-state index in [0.717, 1.165) is 27.9 Å². The van der Waals surface area contributed by atoms with E-state index in [0.29, 0.717) is 39.1 Å². The quantitative estimate of drug-likeness (QED) is 0.122. The van der Waals surface area contributed by atoms with Crippen LogP contribution in [0.2, 0.25) is 0 Å². The molecule has 0 atom stereocenters. The number of urea groups is 1. The maximum absolute atomic E-state index is 13.4. The largest absolute Gasteiger partial charge is 0.497 e. The minimum Gasteiger partial charge on any atom is -0.497 e. The number of anilines is 2. The van der Waals surface area contributed by atoms with E-state index >= 15 is 0 Å². The Morgan fingerprint density at radius 1 is 1.00 bits per heavy atom. The van der Waals surface area contributed by atoms with Crippen LogP contribution in [0.3, 0.4) is 0 Å². The van der Waals surface area contributed by atoms with Gasteiger partial charge in [0, 0.05) is 42.9 Å². The zero-order valence-electron chi connectivity index (χ0n) is 26.5. The molecule has 11 nitrogen and oxygen atoms in total. The number of nitrogens with one attached hydrogen (secondary N) is 3. The SMILES string of the molecule is COc1ccc(-n2nc(C(C)(C)C)cc2NC(=O)Nc2ccc(Oc3ccnc4[nH]c(=O)n(C)c34)c3ccccc23)cc1.[2H]CI. The molecule has 3 N–H and O–H groups in total. The second kappa shape index (κ2) is 13.0. The van der Waals surface area contributed by atoms with Crippen molar-refractivity contribution in [3.63, 3.8) is 0 Å². The van der Waals surface area contributed by atoms with Gasteiger partial charge in [0.2, 0.25) is 0 Å². The van der Waals surface area contributed by atoms with Gasteiger partial charge in [0.1, 0.15) is 22.8 Å². The minimum atomic E-state index is -0.424. The number of H-pyrrole nitrogens is 1. The summed E-state index contributed by atoms with van der Waals surface area (Å²) in [6.45, 7) is 6.21. The second-order valence-electron chi connectivity index (χ2n) is 11.1. The Morgan fingerprint density at radius 2 is 1.71 bits per heavy atom. The number of carbonyl (C=O) groups excluding carboxylic acids is 1. The number of alkyl halides is 1. The lowest BCUT2D eigenvalue weighted by Crippen LogP contribution is -2.21. The lowest BCUT2D eigenvalue weighted by atomic mass is 9.92. The highest BCUT2D eigenvalue weighted by Crippen LogP contribution is 2.36. The minimum absolute atomic E-state index is 0.232. The number of aryl methyl sites for hydroxylation is 1. The topological polar surface area (TPSA) is 128 Å². The lowest BCUT2D eigenvalue weighted by molar-refractivity contribution is 0.262. The van der Waals surface area contributed by atoms with Crippen molar-refractivity contribution in [2.24, 2.45) is 7.05 Å². The van der Waals surface area contributed by atoms with E-state index < -0.39 is 6.03 Å². The molecule has 6 aromatic rings. The van der Waals surface area contributed by atoms with Crippen molar-refractivity contribution in [1.29, 1.82) is 0 Å². The maximum atomic E-state index is 13.4. The first-order chi connectivity index (χ1) is 22.0. The van der Waals surface area contributed by atoms with Crippen molar-refractivity contribution < 1.29 is 15.6 Å². The van der Waals surface area contributed by atoms with Gasteiger partial charge < -0.3 is 14.8 Å².